The predicted octanol–water partition coefficient (Wildman–Crippen LogP) is 2.35. The van der Waals surface area contributed by atoms with E-state index in [2.05, 4.69) is 34.9 Å². The van der Waals surface area contributed by atoms with Crippen molar-refractivity contribution in [1.82, 2.24) is 9.88 Å². The molecule has 3 rings (SSSR count). The number of nitrogen functional groups attached to an aromatic ring is 1. The Hall–Kier alpha value is -1.81. The van der Waals surface area contributed by atoms with Crippen LogP contribution in [0.5, 0.6) is 0 Å². The van der Waals surface area contributed by atoms with E-state index in [4.69, 9.17) is 5.73 Å². The highest BCUT2D eigenvalue weighted by Gasteiger charge is 2.22. The zero-order valence-electron chi connectivity index (χ0n) is 12.2. The van der Waals surface area contributed by atoms with Gasteiger partial charge in [-0.15, -0.1) is 0 Å². The van der Waals surface area contributed by atoms with Crippen LogP contribution in [-0.4, -0.2) is 43.1 Å². The molecule has 0 saturated carbocycles. The Labute approximate surface area is 120 Å². The molecule has 1 aromatic heterocycles. The quantitative estimate of drug-likeness (QED) is 0.851. The van der Waals surface area contributed by atoms with Crippen LogP contribution >= 0.6 is 0 Å². The summed E-state index contributed by atoms with van der Waals surface area (Å²) in [6, 6.07) is 6.67. The Balaban J connectivity index is 1.99. The van der Waals surface area contributed by atoms with Crippen LogP contribution in [0.25, 0.3) is 10.8 Å². The van der Waals surface area contributed by atoms with E-state index >= 15 is 0 Å². The predicted molar refractivity (Wildman–Crippen MR) is 85.1 cm³/mol. The van der Waals surface area contributed by atoms with E-state index in [1.54, 1.807) is 6.20 Å². The highest BCUT2D eigenvalue weighted by molar-refractivity contribution is 6.00. The number of pyridine rings is 1. The van der Waals surface area contributed by atoms with Crippen LogP contribution in [0.4, 0.5) is 11.4 Å². The van der Waals surface area contributed by atoms with E-state index in [0.717, 1.165) is 23.0 Å². The fourth-order valence-electron chi connectivity index (χ4n) is 3.16. The minimum absolute atomic E-state index is 0.556. The fourth-order valence-corrected chi connectivity index (χ4v) is 3.16. The van der Waals surface area contributed by atoms with E-state index in [0.29, 0.717) is 6.04 Å². The molecule has 0 bridgehead atoms. The number of benzene rings is 1. The van der Waals surface area contributed by atoms with Gasteiger partial charge in [-0.1, -0.05) is 0 Å². The lowest BCUT2D eigenvalue weighted by molar-refractivity contribution is 0.248. The highest BCUT2D eigenvalue weighted by atomic mass is 15.2. The highest BCUT2D eigenvalue weighted by Crippen LogP contribution is 2.31. The lowest BCUT2D eigenvalue weighted by atomic mass is 10.0. The van der Waals surface area contributed by atoms with Crippen LogP contribution in [0, 0.1) is 0 Å². The molecule has 1 saturated heterocycles. The topological polar surface area (TPSA) is 45.4 Å². The summed E-state index contributed by atoms with van der Waals surface area (Å²) in [5, 5.41) is 2.23. The molecule has 0 aliphatic carbocycles. The molecule has 2 heterocycles. The molecule has 2 N–H and O–H groups in total. The van der Waals surface area contributed by atoms with Crippen LogP contribution in [-0.2, 0) is 0 Å². The molecule has 1 aromatic carbocycles. The van der Waals surface area contributed by atoms with Crippen molar-refractivity contribution in [3.63, 3.8) is 0 Å². The van der Waals surface area contributed by atoms with Crippen molar-refractivity contribution in [2.45, 2.75) is 18.9 Å². The van der Waals surface area contributed by atoms with E-state index in [1.165, 1.54) is 25.1 Å². The van der Waals surface area contributed by atoms with Gasteiger partial charge in [0.25, 0.3) is 0 Å². The van der Waals surface area contributed by atoms with Gasteiger partial charge in [-0.3, -0.25) is 4.98 Å². The third-order valence-corrected chi connectivity index (χ3v) is 4.36. The average Bonchev–Trinajstić information content (AvgIpc) is 2.47. The van der Waals surface area contributed by atoms with Crippen molar-refractivity contribution < 1.29 is 0 Å². The summed E-state index contributed by atoms with van der Waals surface area (Å²) in [7, 11) is 4.38. The van der Waals surface area contributed by atoms with Crippen LogP contribution in [0.15, 0.2) is 30.6 Å². The summed E-state index contributed by atoms with van der Waals surface area (Å²) in [6.07, 6.45) is 6.23. The number of fused-ring (bicyclic) bond motifs is 1. The molecule has 0 amide bonds. The van der Waals surface area contributed by atoms with Gasteiger partial charge in [-0.05, 0) is 44.6 Å². The number of aromatic nitrogens is 1. The second-order valence-electron chi connectivity index (χ2n) is 5.76. The third kappa shape index (κ3) is 2.31. The molecule has 1 atom stereocenters. The second-order valence-corrected chi connectivity index (χ2v) is 5.76. The lowest BCUT2D eigenvalue weighted by Crippen LogP contribution is -2.45. The fraction of sp³-hybridized carbons (Fsp3) is 0.438. The van der Waals surface area contributed by atoms with E-state index in [1.807, 2.05) is 18.3 Å². The van der Waals surface area contributed by atoms with E-state index < -0.39 is 0 Å². The van der Waals surface area contributed by atoms with E-state index in [9.17, 15) is 0 Å². The molecule has 1 unspecified atom stereocenters. The first-order valence-corrected chi connectivity index (χ1v) is 7.20. The standard InChI is InChI=1S/C16H22N4/c1-19-9-3-4-12(11-19)20(2)16-6-5-15(17)13-7-8-18-10-14(13)16/h5-8,10,12H,3-4,9,11,17H2,1-2H3. The number of likely N-dealkylation sites (N-methyl/N-ethyl adjacent to an activating group) is 2. The monoisotopic (exact) mass is 270 g/mol. The normalized spacial score (nSPS) is 20.2. The minimum atomic E-state index is 0.556. The smallest absolute Gasteiger partial charge is 0.0463 e. The average molecular weight is 270 g/mol. The summed E-state index contributed by atoms with van der Waals surface area (Å²) in [5.74, 6) is 0. The Bertz CT molecular complexity index is 610. The van der Waals surface area contributed by atoms with Gasteiger partial charge in [0.2, 0.25) is 0 Å². The maximum absolute atomic E-state index is 6.07. The number of likely N-dealkylation sites (tertiary alicyclic amines) is 1. The summed E-state index contributed by atoms with van der Waals surface area (Å²) in [4.78, 5) is 9.06. The van der Waals surface area contributed by atoms with Gasteiger partial charge < -0.3 is 15.5 Å². The number of rotatable bonds is 2. The van der Waals surface area contributed by atoms with Crippen molar-refractivity contribution in [2.75, 3.05) is 37.8 Å². The molecule has 1 aliphatic heterocycles. The Kier molecular flexibility index (Phi) is 3.49. The summed E-state index contributed by atoms with van der Waals surface area (Å²) in [6.45, 7) is 2.32. The van der Waals surface area contributed by atoms with Crippen molar-refractivity contribution in [2.24, 2.45) is 0 Å². The maximum Gasteiger partial charge on any atom is 0.0463 e. The summed E-state index contributed by atoms with van der Waals surface area (Å²) >= 11 is 0. The van der Waals surface area contributed by atoms with E-state index in [-0.39, 0.29) is 0 Å². The van der Waals surface area contributed by atoms with Crippen molar-refractivity contribution in [3.05, 3.63) is 30.6 Å². The van der Waals surface area contributed by atoms with Crippen LogP contribution in [0.2, 0.25) is 0 Å². The molecule has 4 nitrogen and oxygen atoms in total. The van der Waals surface area contributed by atoms with Gasteiger partial charge in [-0.25, -0.2) is 0 Å². The van der Waals surface area contributed by atoms with Crippen LogP contribution in [0.3, 0.4) is 0 Å². The molecule has 1 aliphatic rings. The summed E-state index contributed by atoms with van der Waals surface area (Å²) in [5.41, 5.74) is 8.12. The number of nitrogens with two attached hydrogens (primary N) is 1. The number of anilines is 2. The molecule has 0 spiro atoms. The van der Waals surface area contributed by atoms with Gasteiger partial charge >= 0.3 is 0 Å². The molecule has 0 radical (unpaired) electrons. The molecule has 20 heavy (non-hydrogen) atoms. The van der Waals surface area contributed by atoms with Gasteiger partial charge in [0.05, 0.1) is 0 Å². The maximum atomic E-state index is 6.07. The van der Waals surface area contributed by atoms with Gasteiger partial charge in [0, 0.05) is 54.2 Å². The molecule has 2 aromatic rings. The van der Waals surface area contributed by atoms with Crippen molar-refractivity contribution >= 4 is 22.1 Å². The molecule has 4 heteroatoms. The molecule has 106 valence electrons. The number of hydrogen-bond donors (Lipinski definition) is 1. The van der Waals surface area contributed by atoms with Crippen molar-refractivity contribution in [3.8, 4) is 0 Å². The van der Waals surface area contributed by atoms with Gasteiger partial charge in [-0.2, -0.15) is 0 Å². The van der Waals surface area contributed by atoms with Crippen LogP contribution in [0.1, 0.15) is 12.8 Å². The first-order chi connectivity index (χ1) is 9.66. The number of hydrogen-bond acceptors (Lipinski definition) is 4. The zero-order valence-corrected chi connectivity index (χ0v) is 12.2. The first-order valence-electron chi connectivity index (χ1n) is 7.20. The SMILES string of the molecule is CN1CCCC(N(C)c2ccc(N)c3ccncc23)C1. The zero-order chi connectivity index (χ0) is 14.1. The lowest BCUT2D eigenvalue weighted by Gasteiger charge is -2.37. The number of piperidine rings is 1. The third-order valence-electron chi connectivity index (χ3n) is 4.36. The summed E-state index contributed by atoms with van der Waals surface area (Å²) < 4.78 is 0. The molecular weight excluding hydrogens is 248 g/mol. The first kappa shape index (κ1) is 13.2. The Morgan fingerprint density at radius 1 is 1.30 bits per heavy atom. The van der Waals surface area contributed by atoms with Gasteiger partial charge in [0.15, 0.2) is 0 Å². The Morgan fingerprint density at radius 3 is 2.95 bits per heavy atom. The van der Waals surface area contributed by atoms with Gasteiger partial charge in [0.1, 0.15) is 0 Å². The second kappa shape index (κ2) is 5.29. The minimum Gasteiger partial charge on any atom is -0.398 e. The molecule has 1 fully saturated rings. The Morgan fingerprint density at radius 2 is 2.15 bits per heavy atom. The molecular formula is C16H22N4. The number of nitrogens with zero attached hydrogens (tertiary/aromatic N) is 3. The largest absolute Gasteiger partial charge is 0.398 e. The van der Waals surface area contributed by atoms with Crippen molar-refractivity contribution in [1.29, 1.82) is 0 Å². The van der Waals surface area contributed by atoms with Crippen LogP contribution < -0.4 is 10.6 Å².